The molecular weight excluding hydrogens is 348 g/mol. The molecule has 8 heteroatoms. The van der Waals surface area contributed by atoms with Gasteiger partial charge in [-0.25, -0.2) is 0 Å². The Labute approximate surface area is 156 Å². The van der Waals surface area contributed by atoms with Gasteiger partial charge in [-0.05, 0) is 48.9 Å². The number of hydrogen-bond donors (Lipinski definition) is 3. The fourth-order valence-electron chi connectivity index (χ4n) is 2.15. The van der Waals surface area contributed by atoms with Crippen LogP contribution in [0.25, 0.3) is 0 Å². The highest BCUT2D eigenvalue weighted by atomic mass is 16.6. The maximum atomic E-state index is 11.9. The van der Waals surface area contributed by atoms with Crippen molar-refractivity contribution in [1.82, 2.24) is 0 Å². The van der Waals surface area contributed by atoms with E-state index in [-0.39, 0.29) is 18.4 Å². The molecule has 0 radical (unpaired) electrons. The molecule has 0 unspecified atom stereocenters. The maximum Gasteiger partial charge on any atom is 0.265 e. The van der Waals surface area contributed by atoms with E-state index in [9.17, 15) is 14.4 Å². The van der Waals surface area contributed by atoms with Gasteiger partial charge in [0.25, 0.3) is 5.91 Å². The van der Waals surface area contributed by atoms with E-state index < -0.39 is 5.91 Å². The zero-order valence-electron chi connectivity index (χ0n) is 15.0. The standard InChI is InChI=1S/C19H20N4O4/c1-12(14-3-7-16(8-4-14)21-13(2)24)23-27-11-18(25)22-17-9-5-15(6-10-17)19(20)26/h3-10H,11H2,1-2H3,(H2,20,26)(H,21,24)(H,22,25)/b23-12+. The van der Waals surface area contributed by atoms with Crippen molar-refractivity contribution in [3.05, 3.63) is 59.7 Å². The monoisotopic (exact) mass is 368 g/mol. The average Bonchev–Trinajstić information content (AvgIpc) is 2.62. The molecule has 0 aliphatic rings. The van der Waals surface area contributed by atoms with E-state index in [1.807, 2.05) is 0 Å². The van der Waals surface area contributed by atoms with Crippen LogP contribution < -0.4 is 16.4 Å². The molecule has 4 N–H and O–H groups in total. The van der Waals surface area contributed by atoms with Crippen molar-refractivity contribution >= 4 is 34.8 Å². The summed E-state index contributed by atoms with van der Waals surface area (Å²) in [6.45, 7) is 2.92. The Morgan fingerprint density at radius 1 is 0.889 bits per heavy atom. The van der Waals surface area contributed by atoms with Crippen LogP contribution in [0, 0.1) is 0 Å². The molecule has 0 spiro atoms. The quantitative estimate of drug-likeness (QED) is 0.511. The third-order valence-corrected chi connectivity index (χ3v) is 3.47. The van der Waals surface area contributed by atoms with Gasteiger partial charge in [0.1, 0.15) is 0 Å². The van der Waals surface area contributed by atoms with Crippen molar-refractivity contribution < 1.29 is 19.2 Å². The number of nitrogens with two attached hydrogens (primary N) is 1. The Kier molecular flexibility index (Phi) is 6.65. The average molecular weight is 368 g/mol. The van der Waals surface area contributed by atoms with Crippen molar-refractivity contribution in [2.45, 2.75) is 13.8 Å². The molecule has 0 aliphatic carbocycles. The molecule has 27 heavy (non-hydrogen) atoms. The summed E-state index contributed by atoms with van der Waals surface area (Å²) >= 11 is 0. The molecule has 0 atom stereocenters. The van der Waals surface area contributed by atoms with E-state index in [0.717, 1.165) is 5.56 Å². The van der Waals surface area contributed by atoms with Gasteiger partial charge >= 0.3 is 0 Å². The lowest BCUT2D eigenvalue weighted by Gasteiger charge is -2.06. The molecule has 2 aromatic carbocycles. The molecular formula is C19H20N4O4. The second-order valence-electron chi connectivity index (χ2n) is 5.70. The van der Waals surface area contributed by atoms with Crippen molar-refractivity contribution in [1.29, 1.82) is 0 Å². The Morgan fingerprint density at radius 2 is 1.41 bits per heavy atom. The zero-order chi connectivity index (χ0) is 19.8. The van der Waals surface area contributed by atoms with Gasteiger partial charge in [-0.3, -0.25) is 14.4 Å². The van der Waals surface area contributed by atoms with Gasteiger partial charge in [-0.15, -0.1) is 0 Å². The minimum Gasteiger partial charge on any atom is -0.385 e. The molecule has 3 amide bonds. The second-order valence-corrected chi connectivity index (χ2v) is 5.70. The van der Waals surface area contributed by atoms with Crippen LogP contribution in [0.15, 0.2) is 53.7 Å². The number of oxime groups is 1. The molecule has 2 aromatic rings. The molecule has 0 saturated heterocycles. The van der Waals surface area contributed by atoms with Crippen LogP contribution in [0.1, 0.15) is 29.8 Å². The predicted octanol–water partition coefficient (Wildman–Crippen LogP) is 2.12. The first-order valence-corrected chi connectivity index (χ1v) is 8.09. The van der Waals surface area contributed by atoms with E-state index in [2.05, 4.69) is 15.8 Å². The molecule has 0 saturated carbocycles. The predicted molar refractivity (Wildman–Crippen MR) is 102 cm³/mol. The smallest absolute Gasteiger partial charge is 0.265 e. The number of benzene rings is 2. The van der Waals surface area contributed by atoms with Gasteiger partial charge in [0.05, 0.1) is 5.71 Å². The van der Waals surface area contributed by atoms with E-state index in [1.165, 1.54) is 19.1 Å². The van der Waals surface area contributed by atoms with Gasteiger partial charge in [0.2, 0.25) is 11.8 Å². The Bertz CT molecular complexity index is 858. The van der Waals surface area contributed by atoms with Gasteiger partial charge in [-0.2, -0.15) is 0 Å². The lowest BCUT2D eigenvalue weighted by atomic mass is 10.1. The molecule has 0 aliphatic heterocycles. The summed E-state index contributed by atoms with van der Waals surface area (Å²) in [4.78, 5) is 38.9. The number of amides is 3. The first-order chi connectivity index (χ1) is 12.8. The van der Waals surface area contributed by atoms with Crippen LogP contribution in [0.5, 0.6) is 0 Å². The van der Waals surface area contributed by atoms with Crippen LogP contribution in [0.4, 0.5) is 11.4 Å². The third-order valence-electron chi connectivity index (χ3n) is 3.47. The number of carbonyl (C=O) groups is 3. The van der Waals surface area contributed by atoms with E-state index >= 15 is 0 Å². The summed E-state index contributed by atoms with van der Waals surface area (Å²) in [6.07, 6.45) is 0. The summed E-state index contributed by atoms with van der Waals surface area (Å²) in [7, 11) is 0. The number of anilines is 2. The second kappa shape index (κ2) is 9.14. The highest BCUT2D eigenvalue weighted by molar-refractivity contribution is 5.99. The van der Waals surface area contributed by atoms with Gasteiger partial charge in [-0.1, -0.05) is 17.3 Å². The Morgan fingerprint density at radius 3 is 1.93 bits per heavy atom. The number of nitrogens with one attached hydrogen (secondary N) is 2. The molecule has 8 nitrogen and oxygen atoms in total. The number of rotatable bonds is 7. The summed E-state index contributed by atoms with van der Waals surface area (Å²) < 4.78 is 0. The molecule has 0 heterocycles. The van der Waals surface area contributed by atoms with Gasteiger partial charge in [0.15, 0.2) is 6.61 Å². The van der Waals surface area contributed by atoms with E-state index in [0.29, 0.717) is 22.6 Å². The highest BCUT2D eigenvalue weighted by Gasteiger charge is 2.05. The minimum absolute atomic E-state index is 0.147. The molecule has 0 fully saturated rings. The van der Waals surface area contributed by atoms with Crippen molar-refractivity contribution in [3.8, 4) is 0 Å². The van der Waals surface area contributed by atoms with Crippen LogP contribution in [-0.4, -0.2) is 30.0 Å². The lowest BCUT2D eigenvalue weighted by Crippen LogP contribution is -2.17. The number of nitrogens with zero attached hydrogens (tertiary/aromatic N) is 1. The first kappa shape index (κ1) is 19.6. The SMILES string of the molecule is CC(=O)Nc1ccc(/C(C)=N/OCC(=O)Nc2ccc(C(N)=O)cc2)cc1. The maximum absolute atomic E-state index is 11.9. The largest absolute Gasteiger partial charge is 0.385 e. The molecule has 0 bridgehead atoms. The molecule has 140 valence electrons. The lowest BCUT2D eigenvalue weighted by molar-refractivity contribution is -0.120. The highest BCUT2D eigenvalue weighted by Crippen LogP contribution is 2.11. The number of hydrogen-bond acceptors (Lipinski definition) is 5. The number of primary amides is 1. The number of carbonyl (C=O) groups excluding carboxylic acids is 3. The zero-order valence-corrected chi connectivity index (χ0v) is 15.0. The summed E-state index contributed by atoms with van der Waals surface area (Å²) in [5.41, 5.74) is 8.10. The van der Waals surface area contributed by atoms with Gasteiger partial charge in [0, 0.05) is 23.9 Å². The molecule has 2 rings (SSSR count). The fourth-order valence-corrected chi connectivity index (χ4v) is 2.15. The Hall–Kier alpha value is -3.68. The minimum atomic E-state index is -0.536. The van der Waals surface area contributed by atoms with Crippen LogP contribution in [0.2, 0.25) is 0 Å². The first-order valence-electron chi connectivity index (χ1n) is 8.09. The van der Waals surface area contributed by atoms with E-state index in [4.69, 9.17) is 10.6 Å². The van der Waals surface area contributed by atoms with E-state index in [1.54, 1.807) is 43.3 Å². The van der Waals surface area contributed by atoms with Crippen molar-refractivity contribution in [2.24, 2.45) is 10.9 Å². The summed E-state index contributed by atoms with van der Waals surface area (Å²) in [5, 5.41) is 9.21. The molecule has 0 aromatic heterocycles. The third kappa shape index (κ3) is 6.28. The normalized spacial score (nSPS) is 10.8. The van der Waals surface area contributed by atoms with Gasteiger partial charge < -0.3 is 21.2 Å². The van der Waals surface area contributed by atoms with Crippen LogP contribution in [-0.2, 0) is 14.4 Å². The van der Waals surface area contributed by atoms with Crippen LogP contribution >= 0.6 is 0 Å². The van der Waals surface area contributed by atoms with Crippen LogP contribution in [0.3, 0.4) is 0 Å². The topological polar surface area (TPSA) is 123 Å². The van der Waals surface area contributed by atoms with Crippen molar-refractivity contribution in [2.75, 3.05) is 17.2 Å². The summed E-state index contributed by atoms with van der Waals surface area (Å²) in [5.74, 6) is -1.07. The van der Waals surface area contributed by atoms with Crippen molar-refractivity contribution in [3.63, 3.8) is 0 Å². The Balaban J connectivity index is 1.85. The summed E-state index contributed by atoms with van der Waals surface area (Å²) in [6, 6.07) is 13.3. The fraction of sp³-hybridized carbons (Fsp3) is 0.158.